The Morgan fingerprint density at radius 1 is 1.43 bits per heavy atom. The summed E-state index contributed by atoms with van der Waals surface area (Å²) in [4.78, 5) is 9.13. The highest BCUT2D eigenvalue weighted by Gasteiger charge is 2.10. The first-order valence-corrected chi connectivity index (χ1v) is 5.40. The van der Waals surface area contributed by atoms with Gasteiger partial charge in [-0.05, 0) is 5.92 Å². The second-order valence-electron chi connectivity index (χ2n) is 3.74. The average molecular weight is 202 g/mol. The van der Waals surface area contributed by atoms with Crippen molar-refractivity contribution in [2.75, 3.05) is 0 Å². The molecule has 0 atom stereocenters. The minimum atomic E-state index is -1.22. The van der Waals surface area contributed by atoms with Gasteiger partial charge in [-0.3, -0.25) is 5.43 Å². The lowest BCUT2D eigenvalue weighted by atomic mass is 9.86. The average Bonchev–Trinajstić information content (AvgIpc) is 2.21. The zero-order chi connectivity index (χ0) is 10.8. The van der Waals surface area contributed by atoms with Crippen LogP contribution < -0.4 is 11.3 Å². The molecule has 0 spiro atoms. The van der Waals surface area contributed by atoms with E-state index in [2.05, 4.69) is 12.8 Å². The molecule has 1 aliphatic carbocycles. The second kappa shape index (κ2) is 8.81. The third kappa shape index (κ3) is 7.86. The van der Waals surface area contributed by atoms with Crippen LogP contribution in [0, 0.1) is 5.92 Å². The molecule has 0 bridgehead atoms. The number of rotatable bonds is 2. The molecule has 0 aliphatic heterocycles. The first kappa shape index (κ1) is 13.2. The normalized spacial score (nSPS) is 16.7. The van der Waals surface area contributed by atoms with Gasteiger partial charge < -0.3 is 5.11 Å². The molecule has 4 nitrogen and oxygen atoms in total. The minimum Gasteiger partial charge on any atom is -0.464 e. The maximum absolute atomic E-state index is 9.13. The molecule has 4 N–H and O–H groups in total. The highest BCUT2D eigenvalue weighted by atomic mass is 16.4. The van der Waals surface area contributed by atoms with Crippen molar-refractivity contribution in [2.45, 2.75) is 51.9 Å². The number of amides is 1. The van der Waals surface area contributed by atoms with Crippen molar-refractivity contribution in [1.29, 1.82) is 0 Å². The van der Waals surface area contributed by atoms with Crippen LogP contribution in [0.1, 0.15) is 51.9 Å². The number of carboxylic acid groups (broad SMARTS) is 1. The van der Waals surface area contributed by atoms with E-state index in [1.807, 2.05) is 0 Å². The van der Waals surface area contributed by atoms with E-state index in [1.165, 1.54) is 50.4 Å². The Morgan fingerprint density at radius 3 is 2.29 bits per heavy atom. The molecule has 1 rings (SSSR count). The summed E-state index contributed by atoms with van der Waals surface area (Å²) in [6.07, 6.45) is 9.21. The zero-order valence-electron chi connectivity index (χ0n) is 8.96. The van der Waals surface area contributed by atoms with Gasteiger partial charge >= 0.3 is 6.09 Å². The molecule has 1 aliphatic rings. The highest BCUT2D eigenvalue weighted by Crippen LogP contribution is 2.26. The molecule has 1 saturated carbocycles. The quantitative estimate of drug-likeness (QED) is 0.366. The van der Waals surface area contributed by atoms with E-state index in [0.29, 0.717) is 0 Å². The van der Waals surface area contributed by atoms with Gasteiger partial charge in [0.05, 0.1) is 0 Å². The maximum atomic E-state index is 9.13. The van der Waals surface area contributed by atoms with Gasteiger partial charge in [0.25, 0.3) is 0 Å². The first-order valence-electron chi connectivity index (χ1n) is 5.40. The maximum Gasteiger partial charge on any atom is 0.418 e. The number of nitrogens with two attached hydrogens (primary N) is 1. The van der Waals surface area contributed by atoms with Crippen molar-refractivity contribution in [3.8, 4) is 0 Å². The number of nitrogens with one attached hydrogen (secondary N) is 1. The van der Waals surface area contributed by atoms with Crippen molar-refractivity contribution in [1.82, 2.24) is 5.43 Å². The molecule has 0 saturated heterocycles. The monoisotopic (exact) mass is 202 g/mol. The first-order chi connectivity index (χ1) is 6.70. The van der Waals surface area contributed by atoms with Crippen LogP contribution in [0.25, 0.3) is 0 Å². The number of carbonyl (C=O) groups is 1. The zero-order valence-corrected chi connectivity index (χ0v) is 8.96. The molecular formula is C10H22N2O2. The van der Waals surface area contributed by atoms with Gasteiger partial charge in [0, 0.05) is 0 Å². The van der Waals surface area contributed by atoms with E-state index >= 15 is 0 Å². The Balaban J connectivity index is 0.000000292. The molecule has 0 radical (unpaired) electrons. The molecule has 14 heavy (non-hydrogen) atoms. The molecular weight excluding hydrogens is 180 g/mol. The number of hydrogen-bond donors (Lipinski definition) is 3. The molecule has 1 amide bonds. The summed E-state index contributed by atoms with van der Waals surface area (Å²) in [5.41, 5.74) is 1.44. The fourth-order valence-corrected chi connectivity index (χ4v) is 1.88. The summed E-state index contributed by atoms with van der Waals surface area (Å²) in [6, 6.07) is 0. The molecule has 0 heterocycles. The molecule has 0 aromatic carbocycles. The van der Waals surface area contributed by atoms with E-state index in [-0.39, 0.29) is 0 Å². The van der Waals surface area contributed by atoms with Crippen molar-refractivity contribution < 1.29 is 9.90 Å². The SMILES string of the molecule is CCCC1CCCCC1.NNC(=O)O. The topological polar surface area (TPSA) is 75.3 Å². The third-order valence-electron chi connectivity index (χ3n) is 2.55. The van der Waals surface area contributed by atoms with Crippen molar-refractivity contribution in [2.24, 2.45) is 11.8 Å². The minimum absolute atomic E-state index is 1.10. The van der Waals surface area contributed by atoms with Crippen molar-refractivity contribution >= 4 is 6.09 Å². The lowest BCUT2D eigenvalue weighted by molar-refractivity contribution is 0.194. The smallest absolute Gasteiger partial charge is 0.418 e. The van der Waals surface area contributed by atoms with E-state index < -0.39 is 6.09 Å². The summed E-state index contributed by atoms with van der Waals surface area (Å²) in [7, 11) is 0. The molecule has 0 aromatic rings. The predicted octanol–water partition coefficient (Wildman–Crippen LogP) is 2.49. The van der Waals surface area contributed by atoms with E-state index in [0.717, 1.165) is 5.92 Å². The Bertz CT molecular complexity index is 142. The van der Waals surface area contributed by atoms with E-state index in [4.69, 9.17) is 9.90 Å². The fourth-order valence-electron chi connectivity index (χ4n) is 1.88. The van der Waals surface area contributed by atoms with Crippen LogP contribution in [0.4, 0.5) is 4.79 Å². The Kier molecular flexibility index (Phi) is 8.33. The lowest BCUT2D eigenvalue weighted by Crippen LogP contribution is -2.27. The number of hydrazine groups is 1. The standard InChI is InChI=1S/C9H18.CH4N2O2/c1-2-6-9-7-4-3-5-8-9;2-3-1(4)5/h9H,2-8H2,1H3;3H,2H2,(H,4,5). The Labute approximate surface area is 85.8 Å². The molecule has 84 valence electrons. The summed E-state index contributed by atoms with van der Waals surface area (Å²) in [6.45, 7) is 2.30. The van der Waals surface area contributed by atoms with Gasteiger partial charge in [-0.25, -0.2) is 10.6 Å². The molecule has 4 heteroatoms. The summed E-state index contributed by atoms with van der Waals surface area (Å²) in [5, 5.41) is 7.49. The van der Waals surface area contributed by atoms with E-state index in [1.54, 1.807) is 0 Å². The van der Waals surface area contributed by atoms with Gasteiger partial charge in [-0.1, -0.05) is 51.9 Å². The van der Waals surface area contributed by atoms with Crippen LogP contribution in [-0.4, -0.2) is 11.2 Å². The predicted molar refractivity (Wildman–Crippen MR) is 56.8 cm³/mol. The van der Waals surface area contributed by atoms with Crippen LogP contribution in [0.15, 0.2) is 0 Å². The largest absolute Gasteiger partial charge is 0.464 e. The summed E-state index contributed by atoms with van der Waals surface area (Å²) >= 11 is 0. The number of hydrogen-bond acceptors (Lipinski definition) is 2. The van der Waals surface area contributed by atoms with Gasteiger partial charge in [0.1, 0.15) is 0 Å². The van der Waals surface area contributed by atoms with Gasteiger partial charge in [-0.15, -0.1) is 0 Å². The summed E-state index contributed by atoms with van der Waals surface area (Å²) < 4.78 is 0. The fraction of sp³-hybridized carbons (Fsp3) is 0.900. The lowest BCUT2D eigenvalue weighted by Gasteiger charge is -2.20. The van der Waals surface area contributed by atoms with Crippen LogP contribution in [0.3, 0.4) is 0 Å². The van der Waals surface area contributed by atoms with Crippen LogP contribution in [-0.2, 0) is 0 Å². The van der Waals surface area contributed by atoms with Gasteiger partial charge in [0.2, 0.25) is 0 Å². The Morgan fingerprint density at radius 2 is 1.93 bits per heavy atom. The molecule has 0 unspecified atom stereocenters. The Hall–Kier alpha value is -0.770. The molecule has 1 fully saturated rings. The van der Waals surface area contributed by atoms with E-state index in [9.17, 15) is 0 Å². The van der Waals surface area contributed by atoms with Crippen molar-refractivity contribution in [3.63, 3.8) is 0 Å². The van der Waals surface area contributed by atoms with Crippen LogP contribution >= 0.6 is 0 Å². The third-order valence-corrected chi connectivity index (χ3v) is 2.55. The van der Waals surface area contributed by atoms with Crippen LogP contribution in [0.5, 0.6) is 0 Å². The van der Waals surface area contributed by atoms with Gasteiger partial charge in [-0.2, -0.15) is 0 Å². The summed E-state index contributed by atoms with van der Waals surface area (Å²) in [5.74, 6) is 5.42. The van der Waals surface area contributed by atoms with Crippen LogP contribution in [0.2, 0.25) is 0 Å². The molecule has 0 aromatic heterocycles. The van der Waals surface area contributed by atoms with Crippen molar-refractivity contribution in [3.05, 3.63) is 0 Å². The van der Waals surface area contributed by atoms with Gasteiger partial charge in [0.15, 0.2) is 0 Å². The highest BCUT2D eigenvalue weighted by molar-refractivity contribution is 5.63. The second-order valence-corrected chi connectivity index (χ2v) is 3.74.